The topological polar surface area (TPSA) is 41.1 Å². The zero-order chi connectivity index (χ0) is 12.9. The SMILES string of the molecule is CC(C)C(C)(C)CNC(=O)CCC1CCNC1. The van der Waals surface area contributed by atoms with Crippen LogP contribution in [0.2, 0.25) is 0 Å². The molecule has 0 saturated carbocycles. The van der Waals surface area contributed by atoms with Crippen molar-refractivity contribution in [3.63, 3.8) is 0 Å². The first kappa shape index (κ1) is 14.5. The molecule has 1 amide bonds. The lowest BCUT2D eigenvalue weighted by atomic mass is 9.81. The summed E-state index contributed by atoms with van der Waals surface area (Å²) in [5.41, 5.74) is 0.185. The minimum atomic E-state index is 0.185. The van der Waals surface area contributed by atoms with E-state index in [1.807, 2.05) is 0 Å². The molecule has 1 atom stereocenters. The van der Waals surface area contributed by atoms with Crippen molar-refractivity contribution in [2.75, 3.05) is 19.6 Å². The van der Waals surface area contributed by atoms with Gasteiger partial charge in [0.25, 0.3) is 0 Å². The van der Waals surface area contributed by atoms with Gasteiger partial charge in [-0.05, 0) is 43.2 Å². The lowest BCUT2D eigenvalue weighted by Crippen LogP contribution is -2.37. The first-order valence-corrected chi connectivity index (χ1v) is 6.89. The molecule has 3 nitrogen and oxygen atoms in total. The van der Waals surface area contributed by atoms with Crippen LogP contribution >= 0.6 is 0 Å². The molecule has 0 radical (unpaired) electrons. The average Bonchev–Trinajstić information content (AvgIpc) is 2.76. The Balaban J connectivity index is 2.16. The summed E-state index contributed by atoms with van der Waals surface area (Å²) >= 11 is 0. The summed E-state index contributed by atoms with van der Waals surface area (Å²) in [6.07, 6.45) is 2.94. The van der Waals surface area contributed by atoms with Gasteiger partial charge in [-0.15, -0.1) is 0 Å². The summed E-state index contributed by atoms with van der Waals surface area (Å²) in [5, 5.41) is 6.40. The fourth-order valence-corrected chi connectivity index (χ4v) is 1.91. The van der Waals surface area contributed by atoms with Crippen LogP contribution in [0.3, 0.4) is 0 Å². The van der Waals surface area contributed by atoms with E-state index in [4.69, 9.17) is 0 Å². The maximum Gasteiger partial charge on any atom is 0.220 e. The number of amides is 1. The van der Waals surface area contributed by atoms with Crippen molar-refractivity contribution in [3.05, 3.63) is 0 Å². The van der Waals surface area contributed by atoms with Gasteiger partial charge in [0.15, 0.2) is 0 Å². The quantitative estimate of drug-likeness (QED) is 0.747. The minimum absolute atomic E-state index is 0.185. The second-order valence-corrected chi connectivity index (χ2v) is 6.32. The molecule has 0 aliphatic carbocycles. The zero-order valence-electron chi connectivity index (χ0n) is 11.8. The van der Waals surface area contributed by atoms with Crippen molar-refractivity contribution in [2.24, 2.45) is 17.3 Å². The average molecular weight is 240 g/mol. The monoisotopic (exact) mass is 240 g/mol. The van der Waals surface area contributed by atoms with E-state index >= 15 is 0 Å². The molecule has 1 rings (SSSR count). The Morgan fingerprint density at radius 1 is 1.47 bits per heavy atom. The van der Waals surface area contributed by atoms with Crippen LogP contribution in [0.1, 0.15) is 47.0 Å². The molecule has 1 aliphatic rings. The molecule has 1 saturated heterocycles. The molecule has 100 valence electrons. The molecule has 0 bridgehead atoms. The third-order valence-corrected chi connectivity index (χ3v) is 4.25. The Morgan fingerprint density at radius 2 is 2.18 bits per heavy atom. The van der Waals surface area contributed by atoms with E-state index in [0.717, 1.165) is 26.1 Å². The summed E-state index contributed by atoms with van der Waals surface area (Å²) in [7, 11) is 0. The van der Waals surface area contributed by atoms with E-state index in [1.165, 1.54) is 6.42 Å². The summed E-state index contributed by atoms with van der Waals surface area (Å²) < 4.78 is 0. The van der Waals surface area contributed by atoms with Crippen LogP contribution < -0.4 is 10.6 Å². The summed E-state index contributed by atoms with van der Waals surface area (Å²) in [5.74, 6) is 1.51. The Bertz CT molecular complexity index is 243. The van der Waals surface area contributed by atoms with Crippen molar-refractivity contribution in [1.29, 1.82) is 0 Å². The van der Waals surface area contributed by atoms with Gasteiger partial charge in [-0.3, -0.25) is 4.79 Å². The molecule has 1 fully saturated rings. The molecule has 0 spiro atoms. The predicted octanol–water partition coefficient (Wildman–Crippen LogP) is 2.17. The number of carbonyl (C=O) groups excluding carboxylic acids is 1. The van der Waals surface area contributed by atoms with E-state index in [9.17, 15) is 4.79 Å². The van der Waals surface area contributed by atoms with E-state index in [2.05, 4.69) is 38.3 Å². The largest absolute Gasteiger partial charge is 0.356 e. The van der Waals surface area contributed by atoms with Crippen molar-refractivity contribution in [2.45, 2.75) is 47.0 Å². The van der Waals surface area contributed by atoms with Crippen LogP contribution in [-0.4, -0.2) is 25.5 Å². The fourth-order valence-electron chi connectivity index (χ4n) is 1.91. The molecule has 0 aromatic carbocycles. The molecule has 1 unspecified atom stereocenters. The van der Waals surface area contributed by atoms with Crippen LogP contribution in [0, 0.1) is 17.3 Å². The smallest absolute Gasteiger partial charge is 0.220 e. The highest BCUT2D eigenvalue weighted by molar-refractivity contribution is 5.75. The third kappa shape index (κ3) is 5.07. The molecule has 2 N–H and O–H groups in total. The highest BCUT2D eigenvalue weighted by atomic mass is 16.1. The molecule has 1 aliphatic heterocycles. The fraction of sp³-hybridized carbons (Fsp3) is 0.929. The van der Waals surface area contributed by atoms with Gasteiger partial charge in [0, 0.05) is 13.0 Å². The highest BCUT2D eigenvalue weighted by Gasteiger charge is 2.23. The van der Waals surface area contributed by atoms with Gasteiger partial charge in [-0.1, -0.05) is 27.7 Å². The normalized spacial score (nSPS) is 20.9. The lowest BCUT2D eigenvalue weighted by molar-refractivity contribution is -0.121. The van der Waals surface area contributed by atoms with Gasteiger partial charge in [-0.25, -0.2) is 0 Å². The van der Waals surface area contributed by atoms with Crippen molar-refractivity contribution in [1.82, 2.24) is 10.6 Å². The van der Waals surface area contributed by atoms with Crippen LogP contribution in [0.5, 0.6) is 0 Å². The van der Waals surface area contributed by atoms with Gasteiger partial charge < -0.3 is 10.6 Å². The lowest BCUT2D eigenvalue weighted by Gasteiger charge is -2.29. The first-order chi connectivity index (χ1) is 7.92. The second kappa shape index (κ2) is 6.39. The number of rotatable bonds is 6. The van der Waals surface area contributed by atoms with Crippen molar-refractivity contribution >= 4 is 5.91 Å². The summed E-state index contributed by atoms with van der Waals surface area (Å²) in [6.45, 7) is 11.8. The third-order valence-electron chi connectivity index (χ3n) is 4.25. The maximum atomic E-state index is 11.7. The highest BCUT2D eigenvalue weighted by Crippen LogP contribution is 2.24. The van der Waals surface area contributed by atoms with Crippen molar-refractivity contribution < 1.29 is 4.79 Å². The van der Waals surface area contributed by atoms with E-state index < -0.39 is 0 Å². The number of hydrogen-bond donors (Lipinski definition) is 2. The molecule has 1 heterocycles. The molecule has 3 heteroatoms. The van der Waals surface area contributed by atoms with Crippen LogP contribution in [0.4, 0.5) is 0 Å². The maximum absolute atomic E-state index is 11.7. The summed E-state index contributed by atoms with van der Waals surface area (Å²) in [4.78, 5) is 11.7. The van der Waals surface area contributed by atoms with E-state index in [-0.39, 0.29) is 11.3 Å². The Hall–Kier alpha value is -0.570. The van der Waals surface area contributed by atoms with Gasteiger partial charge in [0.05, 0.1) is 0 Å². The molecule has 0 aromatic rings. The van der Waals surface area contributed by atoms with Crippen LogP contribution in [0.15, 0.2) is 0 Å². The van der Waals surface area contributed by atoms with Gasteiger partial charge in [-0.2, -0.15) is 0 Å². The molecular formula is C14H28N2O. The molecular weight excluding hydrogens is 212 g/mol. The number of carbonyl (C=O) groups is 1. The molecule has 0 aromatic heterocycles. The van der Waals surface area contributed by atoms with Crippen molar-refractivity contribution in [3.8, 4) is 0 Å². The minimum Gasteiger partial charge on any atom is -0.356 e. The molecule has 17 heavy (non-hydrogen) atoms. The zero-order valence-corrected chi connectivity index (χ0v) is 11.8. The standard InChI is InChI=1S/C14H28N2O/c1-11(2)14(3,4)10-16-13(17)6-5-12-7-8-15-9-12/h11-12,15H,5-10H2,1-4H3,(H,16,17). The Morgan fingerprint density at radius 3 is 2.71 bits per heavy atom. The Kier molecular flexibility index (Phi) is 5.44. The van der Waals surface area contributed by atoms with Gasteiger partial charge >= 0.3 is 0 Å². The van der Waals surface area contributed by atoms with E-state index in [1.54, 1.807) is 0 Å². The Labute approximate surface area is 106 Å². The number of nitrogens with one attached hydrogen (secondary N) is 2. The van der Waals surface area contributed by atoms with Gasteiger partial charge in [0.2, 0.25) is 5.91 Å². The first-order valence-electron chi connectivity index (χ1n) is 6.89. The number of hydrogen-bond acceptors (Lipinski definition) is 2. The second-order valence-electron chi connectivity index (χ2n) is 6.32. The van der Waals surface area contributed by atoms with Crippen LogP contribution in [-0.2, 0) is 4.79 Å². The summed E-state index contributed by atoms with van der Waals surface area (Å²) in [6, 6.07) is 0. The van der Waals surface area contributed by atoms with Crippen LogP contribution in [0.25, 0.3) is 0 Å². The van der Waals surface area contributed by atoms with Gasteiger partial charge in [0.1, 0.15) is 0 Å². The van der Waals surface area contributed by atoms with E-state index in [0.29, 0.717) is 18.3 Å². The predicted molar refractivity (Wildman–Crippen MR) is 71.8 cm³/mol.